The van der Waals surface area contributed by atoms with Crippen molar-refractivity contribution in [2.24, 2.45) is 0 Å². The zero-order valence-corrected chi connectivity index (χ0v) is 15.8. The number of carbonyl (C=O) groups is 2. The van der Waals surface area contributed by atoms with Gasteiger partial charge in [-0.2, -0.15) is 0 Å². The van der Waals surface area contributed by atoms with Crippen LogP contribution in [0, 0.1) is 5.82 Å². The van der Waals surface area contributed by atoms with Gasteiger partial charge in [-0.15, -0.1) is 11.3 Å². The summed E-state index contributed by atoms with van der Waals surface area (Å²) in [7, 11) is 0. The minimum absolute atomic E-state index is 0.0390. The number of hydrogen-bond donors (Lipinski definition) is 0. The Bertz CT molecular complexity index is 1000. The van der Waals surface area contributed by atoms with Gasteiger partial charge < -0.3 is 14.4 Å². The van der Waals surface area contributed by atoms with Crippen LogP contribution in [0.2, 0.25) is 0 Å². The van der Waals surface area contributed by atoms with Gasteiger partial charge in [0, 0.05) is 39.6 Å². The van der Waals surface area contributed by atoms with Crippen LogP contribution in [0.4, 0.5) is 4.39 Å². The van der Waals surface area contributed by atoms with E-state index in [0.29, 0.717) is 38.4 Å². The molecule has 7 heteroatoms. The second-order valence-electron chi connectivity index (χ2n) is 6.71. The number of rotatable bonds is 3. The van der Waals surface area contributed by atoms with Crippen molar-refractivity contribution in [3.63, 3.8) is 0 Å². The molecular formula is C20H20FN3O2S. The number of benzene rings is 1. The zero-order chi connectivity index (χ0) is 19.0. The maximum Gasteiger partial charge on any atom is 0.270 e. The fourth-order valence-corrected chi connectivity index (χ4v) is 4.35. The summed E-state index contributed by atoms with van der Waals surface area (Å²) in [5.41, 5.74) is 2.40. The number of piperazine rings is 1. The van der Waals surface area contributed by atoms with E-state index in [1.54, 1.807) is 34.1 Å². The van der Waals surface area contributed by atoms with Crippen LogP contribution in [0.25, 0.3) is 10.2 Å². The van der Waals surface area contributed by atoms with Crippen LogP contribution in [-0.4, -0.2) is 52.4 Å². The first-order chi connectivity index (χ1) is 13.0. The largest absolute Gasteiger partial charge is 0.339 e. The first kappa shape index (κ1) is 17.7. The van der Waals surface area contributed by atoms with E-state index in [4.69, 9.17) is 0 Å². The summed E-state index contributed by atoms with van der Waals surface area (Å²) >= 11 is 1.59. The molecule has 0 radical (unpaired) electrons. The van der Waals surface area contributed by atoms with E-state index in [1.165, 1.54) is 12.1 Å². The lowest BCUT2D eigenvalue weighted by molar-refractivity contribution is -0.130. The fourth-order valence-electron chi connectivity index (χ4n) is 3.53. The van der Waals surface area contributed by atoms with E-state index >= 15 is 0 Å². The molecule has 0 unspecified atom stereocenters. The van der Waals surface area contributed by atoms with Crippen molar-refractivity contribution in [2.75, 3.05) is 26.2 Å². The molecule has 1 saturated heterocycles. The third kappa shape index (κ3) is 3.47. The van der Waals surface area contributed by atoms with Crippen molar-refractivity contribution < 1.29 is 14.0 Å². The predicted octanol–water partition coefficient (Wildman–Crippen LogP) is 3.19. The topological polar surface area (TPSA) is 45.6 Å². The van der Waals surface area contributed by atoms with Gasteiger partial charge in [0.15, 0.2) is 0 Å². The summed E-state index contributed by atoms with van der Waals surface area (Å²) in [6, 6.07) is 10.4. The van der Waals surface area contributed by atoms with E-state index in [2.05, 4.69) is 0 Å². The van der Waals surface area contributed by atoms with Crippen LogP contribution in [0.3, 0.4) is 0 Å². The maximum absolute atomic E-state index is 13.6. The highest BCUT2D eigenvalue weighted by molar-refractivity contribution is 7.17. The van der Waals surface area contributed by atoms with Crippen LogP contribution in [0.1, 0.15) is 23.0 Å². The number of hydrogen-bond acceptors (Lipinski definition) is 3. The quantitative estimate of drug-likeness (QED) is 0.695. The summed E-state index contributed by atoms with van der Waals surface area (Å²) in [5, 5.41) is 1.99. The Morgan fingerprint density at radius 1 is 1.07 bits per heavy atom. The van der Waals surface area contributed by atoms with Gasteiger partial charge in [-0.1, -0.05) is 12.1 Å². The molecule has 0 atom stereocenters. The molecule has 1 aliphatic heterocycles. The van der Waals surface area contributed by atoms with Crippen LogP contribution >= 0.6 is 11.3 Å². The highest BCUT2D eigenvalue weighted by Crippen LogP contribution is 2.27. The second kappa shape index (κ2) is 7.15. The van der Waals surface area contributed by atoms with Crippen molar-refractivity contribution in [1.29, 1.82) is 0 Å². The van der Waals surface area contributed by atoms with Gasteiger partial charge in [0.05, 0.1) is 10.2 Å². The lowest BCUT2D eigenvalue weighted by atomic mass is 10.2. The van der Waals surface area contributed by atoms with Crippen molar-refractivity contribution in [3.8, 4) is 0 Å². The number of thiophene rings is 1. The van der Waals surface area contributed by atoms with Crippen LogP contribution in [-0.2, 0) is 11.3 Å². The molecule has 3 aromatic rings. The maximum atomic E-state index is 13.6. The standard InChI is InChI=1S/C20H20FN3O2S/c1-14(25)22-6-8-23(9-7-22)20(26)18-12-19-17(5-10-27-19)24(18)13-15-3-2-4-16(21)11-15/h2-5,10-12H,6-9,13H2,1H3. The third-order valence-corrected chi connectivity index (χ3v) is 5.84. The van der Waals surface area contributed by atoms with Crippen LogP contribution < -0.4 is 0 Å². The second-order valence-corrected chi connectivity index (χ2v) is 7.66. The molecule has 0 spiro atoms. The monoisotopic (exact) mass is 385 g/mol. The first-order valence-corrected chi connectivity index (χ1v) is 9.77. The van der Waals surface area contributed by atoms with Crippen LogP contribution in [0.15, 0.2) is 41.8 Å². The first-order valence-electron chi connectivity index (χ1n) is 8.89. The average Bonchev–Trinajstić information content (AvgIpc) is 3.24. The number of nitrogens with zero attached hydrogens (tertiary/aromatic N) is 3. The Hall–Kier alpha value is -2.67. The van der Waals surface area contributed by atoms with Gasteiger partial charge in [-0.25, -0.2) is 4.39 Å². The van der Waals surface area contributed by atoms with Crippen molar-refractivity contribution in [1.82, 2.24) is 14.4 Å². The number of halogens is 1. The van der Waals surface area contributed by atoms with E-state index in [-0.39, 0.29) is 17.6 Å². The molecule has 27 heavy (non-hydrogen) atoms. The van der Waals surface area contributed by atoms with Gasteiger partial charge in [0.25, 0.3) is 5.91 Å². The predicted molar refractivity (Wildman–Crippen MR) is 103 cm³/mol. The van der Waals surface area contributed by atoms with E-state index in [9.17, 15) is 14.0 Å². The zero-order valence-electron chi connectivity index (χ0n) is 15.0. The lowest BCUT2D eigenvalue weighted by Crippen LogP contribution is -2.50. The van der Waals surface area contributed by atoms with Gasteiger partial charge in [0.2, 0.25) is 5.91 Å². The minimum Gasteiger partial charge on any atom is -0.339 e. The third-order valence-electron chi connectivity index (χ3n) is 4.98. The minimum atomic E-state index is -0.283. The molecule has 0 bridgehead atoms. The molecule has 0 N–H and O–H groups in total. The highest BCUT2D eigenvalue weighted by Gasteiger charge is 2.26. The lowest BCUT2D eigenvalue weighted by Gasteiger charge is -2.34. The van der Waals surface area contributed by atoms with E-state index in [0.717, 1.165) is 15.8 Å². The molecule has 140 valence electrons. The van der Waals surface area contributed by atoms with E-state index < -0.39 is 0 Å². The number of fused-ring (bicyclic) bond motifs is 1. The van der Waals surface area contributed by atoms with Gasteiger partial charge in [-0.05, 0) is 35.2 Å². The van der Waals surface area contributed by atoms with E-state index in [1.807, 2.05) is 28.1 Å². The highest BCUT2D eigenvalue weighted by atomic mass is 32.1. The number of carbonyl (C=O) groups excluding carboxylic acids is 2. The molecule has 2 aromatic heterocycles. The molecule has 1 aromatic carbocycles. The van der Waals surface area contributed by atoms with Crippen LogP contribution in [0.5, 0.6) is 0 Å². The van der Waals surface area contributed by atoms with Gasteiger partial charge in [0.1, 0.15) is 11.5 Å². The Morgan fingerprint density at radius 2 is 1.81 bits per heavy atom. The van der Waals surface area contributed by atoms with Crippen molar-refractivity contribution in [3.05, 3.63) is 58.9 Å². The Kier molecular flexibility index (Phi) is 4.70. The van der Waals surface area contributed by atoms with Gasteiger partial charge in [-0.3, -0.25) is 9.59 Å². The number of amides is 2. The molecule has 0 aliphatic carbocycles. The fraction of sp³-hybridized carbons (Fsp3) is 0.300. The molecule has 4 rings (SSSR count). The molecule has 1 fully saturated rings. The summed E-state index contributed by atoms with van der Waals surface area (Å²) in [6.07, 6.45) is 0. The summed E-state index contributed by atoms with van der Waals surface area (Å²) in [6.45, 7) is 4.15. The Morgan fingerprint density at radius 3 is 2.52 bits per heavy atom. The van der Waals surface area contributed by atoms with Crippen molar-refractivity contribution in [2.45, 2.75) is 13.5 Å². The Labute approximate surface area is 160 Å². The molecule has 3 heterocycles. The summed E-state index contributed by atoms with van der Waals surface area (Å²) in [5.74, 6) is -0.287. The summed E-state index contributed by atoms with van der Waals surface area (Å²) < 4.78 is 16.6. The molecule has 1 aliphatic rings. The van der Waals surface area contributed by atoms with Crippen molar-refractivity contribution >= 4 is 33.4 Å². The number of aromatic nitrogens is 1. The average molecular weight is 385 g/mol. The molecule has 0 saturated carbocycles. The normalized spacial score (nSPS) is 14.7. The Balaban J connectivity index is 1.63. The molecule has 5 nitrogen and oxygen atoms in total. The SMILES string of the molecule is CC(=O)N1CCN(C(=O)c2cc3sccc3n2Cc2cccc(F)c2)CC1. The summed E-state index contributed by atoms with van der Waals surface area (Å²) in [4.78, 5) is 28.2. The molecular weight excluding hydrogens is 365 g/mol. The van der Waals surface area contributed by atoms with Gasteiger partial charge >= 0.3 is 0 Å². The smallest absolute Gasteiger partial charge is 0.270 e. The molecule has 2 amide bonds.